The molecule has 0 aromatic heterocycles. The van der Waals surface area contributed by atoms with E-state index in [1.807, 2.05) is 35.2 Å². The van der Waals surface area contributed by atoms with Crippen LogP contribution in [0.25, 0.3) is 0 Å². The molecule has 1 aliphatic rings. The van der Waals surface area contributed by atoms with E-state index in [4.69, 9.17) is 0 Å². The lowest BCUT2D eigenvalue weighted by molar-refractivity contribution is -0.117. The standard InChI is InChI=1S/C22H29N5O/c1-23-22(24-14-17-9-7-8-10-18(17)15-26(2)3)25-19-13-21(28)27(16-19)20-11-5-4-6-12-20/h4-12,19H,13-16H2,1-3H3,(H2,23,24,25). The molecule has 1 amide bonds. The maximum Gasteiger partial charge on any atom is 0.229 e. The Kier molecular flexibility index (Phi) is 6.66. The van der Waals surface area contributed by atoms with Crippen molar-refractivity contribution in [2.45, 2.75) is 25.6 Å². The number of aliphatic imine (C=N–C) groups is 1. The van der Waals surface area contributed by atoms with Crippen LogP contribution in [0.5, 0.6) is 0 Å². The van der Waals surface area contributed by atoms with Gasteiger partial charge in [-0.1, -0.05) is 42.5 Å². The van der Waals surface area contributed by atoms with E-state index in [2.05, 4.69) is 58.9 Å². The van der Waals surface area contributed by atoms with E-state index in [0.717, 1.165) is 12.2 Å². The van der Waals surface area contributed by atoms with E-state index in [1.165, 1.54) is 11.1 Å². The van der Waals surface area contributed by atoms with Crippen molar-refractivity contribution in [2.75, 3.05) is 32.6 Å². The Balaban J connectivity index is 1.58. The van der Waals surface area contributed by atoms with Gasteiger partial charge >= 0.3 is 0 Å². The second kappa shape index (κ2) is 9.37. The van der Waals surface area contributed by atoms with Crippen molar-refractivity contribution in [3.8, 4) is 0 Å². The number of carbonyl (C=O) groups excluding carboxylic acids is 1. The lowest BCUT2D eigenvalue weighted by Gasteiger charge is -2.20. The van der Waals surface area contributed by atoms with Crippen LogP contribution in [0, 0.1) is 0 Å². The fourth-order valence-electron chi connectivity index (χ4n) is 3.45. The number of anilines is 1. The molecule has 0 bridgehead atoms. The normalized spacial score (nSPS) is 17.3. The number of carbonyl (C=O) groups is 1. The molecule has 28 heavy (non-hydrogen) atoms. The van der Waals surface area contributed by atoms with Crippen molar-refractivity contribution < 1.29 is 4.79 Å². The van der Waals surface area contributed by atoms with Gasteiger partial charge in [0.05, 0.1) is 6.04 Å². The number of para-hydroxylation sites is 1. The van der Waals surface area contributed by atoms with Gasteiger partial charge in [0.1, 0.15) is 0 Å². The predicted octanol–water partition coefficient (Wildman–Crippen LogP) is 2.22. The zero-order valence-electron chi connectivity index (χ0n) is 16.9. The van der Waals surface area contributed by atoms with Crippen molar-refractivity contribution >= 4 is 17.6 Å². The molecule has 2 aromatic rings. The average Bonchev–Trinajstić information content (AvgIpc) is 3.06. The number of guanidine groups is 1. The molecule has 1 aliphatic heterocycles. The van der Waals surface area contributed by atoms with E-state index in [-0.39, 0.29) is 11.9 Å². The molecule has 1 fully saturated rings. The number of benzene rings is 2. The lowest BCUT2D eigenvalue weighted by atomic mass is 10.1. The molecule has 1 unspecified atom stereocenters. The van der Waals surface area contributed by atoms with Crippen LogP contribution in [0.4, 0.5) is 5.69 Å². The third-order valence-electron chi connectivity index (χ3n) is 4.81. The predicted molar refractivity (Wildman–Crippen MR) is 114 cm³/mol. The smallest absolute Gasteiger partial charge is 0.229 e. The first-order valence-corrected chi connectivity index (χ1v) is 9.61. The highest BCUT2D eigenvalue weighted by atomic mass is 16.2. The first-order valence-electron chi connectivity index (χ1n) is 9.61. The third-order valence-corrected chi connectivity index (χ3v) is 4.81. The Labute approximate surface area is 167 Å². The molecule has 2 N–H and O–H groups in total. The zero-order valence-corrected chi connectivity index (χ0v) is 16.9. The number of hydrogen-bond acceptors (Lipinski definition) is 3. The highest BCUT2D eigenvalue weighted by Crippen LogP contribution is 2.21. The van der Waals surface area contributed by atoms with Gasteiger partial charge in [-0.25, -0.2) is 0 Å². The van der Waals surface area contributed by atoms with Crippen molar-refractivity contribution in [1.29, 1.82) is 0 Å². The molecular weight excluding hydrogens is 350 g/mol. The minimum Gasteiger partial charge on any atom is -0.352 e. The van der Waals surface area contributed by atoms with E-state index in [0.29, 0.717) is 25.5 Å². The van der Waals surface area contributed by atoms with Gasteiger partial charge in [0.25, 0.3) is 0 Å². The summed E-state index contributed by atoms with van der Waals surface area (Å²) in [4.78, 5) is 20.7. The molecule has 1 saturated heterocycles. The van der Waals surface area contributed by atoms with E-state index >= 15 is 0 Å². The Morgan fingerprint density at radius 2 is 1.79 bits per heavy atom. The van der Waals surface area contributed by atoms with Crippen molar-refractivity contribution in [1.82, 2.24) is 15.5 Å². The molecular formula is C22H29N5O. The van der Waals surface area contributed by atoms with Crippen LogP contribution in [0.15, 0.2) is 59.6 Å². The summed E-state index contributed by atoms with van der Waals surface area (Å²) in [6, 6.07) is 18.2. The highest BCUT2D eigenvalue weighted by molar-refractivity contribution is 5.97. The Bertz CT molecular complexity index is 819. The van der Waals surface area contributed by atoms with Crippen molar-refractivity contribution in [3.63, 3.8) is 0 Å². The topological polar surface area (TPSA) is 60.0 Å². The molecule has 0 aliphatic carbocycles. The molecule has 2 aromatic carbocycles. The summed E-state index contributed by atoms with van der Waals surface area (Å²) in [6.07, 6.45) is 0.465. The molecule has 0 radical (unpaired) electrons. The Hall–Kier alpha value is -2.86. The van der Waals surface area contributed by atoms with Crippen molar-refractivity contribution in [3.05, 3.63) is 65.7 Å². The molecule has 1 heterocycles. The van der Waals surface area contributed by atoms with Gasteiger partial charge in [0, 0.05) is 38.8 Å². The van der Waals surface area contributed by atoms with Gasteiger partial charge in [0.15, 0.2) is 5.96 Å². The minimum atomic E-state index is 0.0379. The second-order valence-electron chi connectivity index (χ2n) is 7.32. The van der Waals surface area contributed by atoms with Crippen LogP contribution in [0.2, 0.25) is 0 Å². The molecule has 1 atom stereocenters. The summed E-state index contributed by atoms with van der Waals surface area (Å²) in [7, 11) is 5.90. The van der Waals surface area contributed by atoms with Crippen LogP contribution < -0.4 is 15.5 Å². The lowest BCUT2D eigenvalue weighted by Crippen LogP contribution is -2.44. The first-order chi connectivity index (χ1) is 13.6. The van der Waals surface area contributed by atoms with Gasteiger partial charge in [-0.15, -0.1) is 0 Å². The maximum atomic E-state index is 12.4. The summed E-state index contributed by atoms with van der Waals surface area (Å²) < 4.78 is 0. The monoisotopic (exact) mass is 379 g/mol. The number of amides is 1. The van der Waals surface area contributed by atoms with Gasteiger partial charge in [-0.3, -0.25) is 9.79 Å². The number of nitrogens with zero attached hydrogens (tertiary/aromatic N) is 3. The summed E-state index contributed by atoms with van der Waals surface area (Å²) in [5, 5.41) is 6.78. The van der Waals surface area contributed by atoms with Crippen LogP contribution in [-0.4, -0.2) is 50.5 Å². The van der Waals surface area contributed by atoms with Gasteiger partial charge in [-0.05, 0) is 37.4 Å². The number of hydrogen-bond donors (Lipinski definition) is 2. The second-order valence-corrected chi connectivity index (χ2v) is 7.32. The maximum absolute atomic E-state index is 12.4. The average molecular weight is 380 g/mol. The van der Waals surface area contributed by atoms with E-state index in [1.54, 1.807) is 7.05 Å². The van der Waals surface area contributed by atoms with E-state index < -0.39 is 0 Å². The molecule has 6 nitrogen and oxygen atoms in total. The number of rotatable bonds is 6. The summed E-state index contributed by atoms with van der Waals surface area (Å²) in [5.41, 5.74) is 3.48. The molecule has 6 heteroatoms. The van der Waals surface area contributed by atoms with E-state index in [9.17, 15) is 4.79 Å². The fourth-order valence-corrected chi connectivity index (χ4v) is 3.45. The largest absolute Gasteiger partial charge is 0.352 e. The third kappa shape index (κ3) is 5.10. The van der Waals surface area contributed by atoms with Gasteiger partial charge in [0.2, 0.25) is 5.91 Å². The summed E-state index contributed by atoms with van der Waals surface area (Å²) in [5.74, 6) is 0.850. The highest BCUT2D eigenvalue weighted by Gasteiger charge is 2.31. The first kappa shape index (κ1) is 19.9. The number of nitrogens with one attached hydrogen (secondary N) is 2. The van der Waals surface area contributed by atoms with Crippen LogP contribution in [-0.2, 0) is 17.9 Å². The molecule has 0 saturated carbocycles. The fraction of sp³-hybridized carbons (Fsp3) is 0.364. The van der Waals surface area contributed by atoms with Crippen LogP contribution in [0.3, 0.4) is 0 Å². The summed E-state index contributed by atoms with van der Waals surface area (Å²) in [6.45, 7) is 2.22. The quantitative estimate of drug-likeness (QED) is 0.597. The SMILES string of the molecule is CN=C(NCc1ccccc1CN(C)C)NC1CC(=O)N(c2ccccc2)C1. The Morgan fingerprint density at radius 1 is 1.11 bits per heavy atom. The van der Waals surface area contributed by atoms with Crippen molar-refractivity contribution in [2.24, 2.45) is 4.99 Å². The molecule has 148 valence electrons. The minimum absolute atomic E-state index is 0.0379. The van der Waals surface area contributed by atoms with Crippen LogP contribution in [0.1, 0.15) is 17.5 Å². The molecule has 0 spiro atoms. The van der Waals surface area contributed by atoms with Gasteiger partial charge in [-0.2, -0.15) is 0 Å². The Morgan fingerprint density at radius 3 is 2.46 bits per heavy atom. The summed E-state index contributed by atoms with van der Waals surface area (Å²) >= 11 is 0. The molecule has 3 rings (SSSR count). The zero-order chi connectivity index (χ0) is 19.9. The van der Waals surface area contributed by atoms with Gasteiger partial charge < -0.3 is 20.4 Å². The van der Waals surface area contributed by atoms with Crippen LogP contribution >= 0.6 is 0 Å².